The van der Waals surface area contributed by atoms with E-state index >= 15 is 0 Å². The summed E-state index contributed by atoms with van der Waals surface area (Å²) in [7, 11) is 1.62. The Hall–Kier alpha value is -2.14. The zero-order chi connectivity index (χ0) is 19.5. The van der Waals surface area contributed by atoms with Gasteiger partial charge in [0, 0.05) is 32.3 Å². The maximum Gasteiger partial charge on any atom is 0.160 e. The molecule has 1 N–H and O–H groups in total. The van der Waals surface area contributed by atoms with E-state index in [9.17, 15) is 5.11 Å². The molecule has 2 fully saturated rings. The molecule has 150 valence electrons. The second kappa shape index (κ2) is 8.48. The Kier molecular flexibility index (Phi) is 5.81. The molecule has 0 radical (unpaired) electrons. The van der Waals surface area contributed by atoms with Crippen molar-refractivity contribution in [3.8, 4) is 5.75 Å². The number of anilines is 1. The molecule has 0 amide bonds. The Bertz CT molecular complexity index is 794. The molecule has 28 heavy (non-hydrogen) atoms. The van der Waals surface area contributed by atoms with E-state index < -0.39 is 0 Å². The topological polar surface area (TPSA) is 58.5 Å². The smallest absolute Gasteiger partial charge is 0.160 e. The standard InChI is InChI=1S/C23H31N3O2/c1-16-23(27)21(15-28-2)25-22(24-16)14-19-9-11-26(12-10-19)20-7-5-18(6-8-20)13-17-3-4-17/h5-8,17,19,27H,3-4,9-15H2,1-2H3. The summed E-state index contributed by atoms with van der Waals surface area (Å²) in [5.41, 5.74) is 4.06. The van der Waals surface area contributed by atoms with Crippen molar-refractivity contribution in [3.63, 3.8) is 0 Å². The van der Waals surface area contributed by atoms with Gasteiger partial charge in [0.1, 0.15) is 11.5 Å². The van der Waals surface area contributed by atoms with Gasteiger partial charge >= 0.3 is 0 Å². The Morgan fingerprint density at radius 3 is 2.32 bits per heavy atom. The molecule has 4 rings (SSSR count). The van der Waals surface area contributed by atoms with Crippen LogP contribution in [0.2, 0.25) is 0 Å². The van der Waals surface area contributed by atoms with Crippen LogP contribution in [0.15, 0.2) is 24.3 Å². The van der Waals surface area contributed by atoms with E-state index in [0.717, 1.165) is 44.1 Å². The average molecular weight is 382 g/mol. The zero-order valence-electron chi connectivity index (χ0n) is 17.0. The molecule has 0 spiro atoms. The van der Waals surface area contributed by atoms with Crippen LogP contribution < -0.4 is 4.90 Å². The summed E-state index contributed by atoms with van der Waals surface area (Å²) in [6.45, 7) is 4.30. The number of rotatable bonds is 7. The van der Waals surface area contributed by atoms with E-state index in [-0.39, 0.29) is 5.75 Å². The van der Waals surface area contributed by atoms with Gasteiger partial charge < -0.3 is 14.7 Å². The monoisotopic (exact) mass is 381 g/mol. The first-order valence-electron chi connectivity index (χ1n) is 10.5. The average Bonchev–Trinajstić information content (AvgIpc) is 3.51. The molecule has 0 bridgehead atoms. The highest BCUT2D eigenvalue weighted by atomic mass is 16.5. The van der Waals surface area contributed by atoms with Crippen molar-refractivity contribution in [3.05, 3.63) is 47.0 Å². The number of ether oxygens (including phenoxy) is 1. The van der Waals surface area contributed by atoms with Crippen LogP contribution in [0.1, 0.15) is 48.5 Å². The highest BCUT2D eigenvalue weighted by Gasteiger charge is 2.23. The maximum atomic E-state index is 10.1. The van der Waals surface area contributed by atoms with Gasteiger partial charge in [0.15, 0.2) is 5.75 Å². The SMILES string of the molecule is COCc1nc(CC2CCN(c3ccc(CC4CC4)cc3)CC2)nc(C)c1O. The van der Waals surface area contributed by atoms with Crippen molar-refractivity contribution >= 4 is 5.69 Å². The minimum Gasteiger partial charge on any atom is -0.504 e. The van der Waals surface area contributed by atoms with Gasteiger partial charge in [0.05, 0.1) is 12.3 Å². The van der Waals surface area contributed by atoms with Crippen LogP contribution in [-0.2, 0) is 24.2 Å². The lowest BCUT2D eigenvalue weighted by Crippen LogP contribution is -2.34. The van der Waals surface area contributed by atoms with Gasteiger partial charge in [0.2, 0.25) is 0 Å². The Balaban J connectivity index is 1.32. The number of piperidine rings is 1. The number of aromatic hydroxyl groups is 1. The van der Waals surface area contributed by atoms with Gasteiger partial charge in [-0.25, -0.2) is 9.97 Å². The third-order valence-corrected chi connectivity index (χ3v) is 6.07. The number of aromatic nitrogens is 2. The van der Waals surface area contributed by atoms with Crippen LogP contribution in [-0.4, -0.2) is 35.3 Å². The lowest BCUT2D eigenvalue weighted by atomic mass is 9.92. The number of nitrogens with zero attached hydrogens (tertiary/aromatic N) is 3. The van der Waals surface area contributed by atoms with Gasteiger partial charge in [-0.15, -0.1) is 0 Å². The Morgan fingerprint density at radius 2 is 1.68 bits per heavy atom. The first-order valence-corrected chi connectivity index (χ1v) is 10.5. The van der Waals surface area contributed by atoms with Crippen molar-refractivity contribution in [1.82, 2.24) is 9.97 Å². The summed E-state index contributed by atoms with van der Waals surface area (Å²) in [4.78, 5) is 11.5. The molecule has 5 nitrogen and oxygen atoms in total. The van der Waals surface area contributed by atoms with E-state index in [4.69, 9.17) is 4.74 Å². The summed E-state index contributed by atoms with van der Waals surface area (Å²) in [6, 6.07) is 9.21. The molecule has 1 aromatic carbocycles. The lowest BCUT2D eigenvalue weighted by Gasteiger charge is -2.33. The maximum absolute atomic E-state index is 10.1. The molecule has 2 aliphatic rings. The van der Waals surface area contributed by atoms with Crippen molar-refractivity contribution < 1.29 is 9.84 Å². The van der Waals surface area contributed by atoms with Crippen LogP contribution >= 0.6 is 0 Å². The number of hydrogen-bond acceptors (Lipinski definition) is 5. The van der Waals surface area contributed by atoms with E-state index in [0.29, 0.717) is 23.9 Å². The summed E-state index contributed by atoms with van der Waals surface area (Å²) in [6.07, 6.45) is 7.23. The van der Waals surface area contributed by atoms with Crippen molar-refractivity contribution in [1.29, 1.82) is 0 Å². The second-order valence-electron chi connectivity index (χ2n) is 8.40. The van der Waals surface area contributed by atoms with Crippen LogP contribution in [0.3, 0.4) is 0 Å². The number of hydrogen-bond donors (Lipinski definition) is 1. The first kappa shape index (κ1) is 19.2. The molecule has 2 heterocycles. The zero-order valence-corrected chi connectivity index (χ0v) is 17.0. The molecule has 1 aliphatic heterocycles. The van der Waals surface area contributed by atoms with Crippen LogP contribution in [0.25, 0.3) is 0 Å². The van der Waals surface area contributed by atoms with E-state index in [1.54, 1.807) is 7.11 Å². The fourth-order valence-corrected chi connectivity index (χ4v) is 4.17. The van der Waals surface area contributed by atoms with Gasteiger partial charge in [-0.1, -0.05) is 12.1 Å². The summed E-state index contributed by atoms with van der Waals surface area (Å²) in [5, 5.41) is 10.1. The summed E-state index contributed by atoms with van der Waals surface area (Å²) < 4.78 is 5.15. The number of methoxy groups -OCH3 is 1. The highest BCUT2D eigenvalue weighted by molar-refractivity contribution is 5.48. The van der Waals surface area contributed by atoms with E-state index in [2.05, 4.69) is 39.1 Å². The molecule has 1 saturated carbocycles. The third kappa shape index (κ3) is 4.64. The molecule has 1 aromatic heterocycles. The minimum absolute atomic E-state index is 0.158. The molecule has 0 unspecified atom stereocenters. The van der Waals surface area contributed by atoms with Crippen LogP contribution in [0.5, 0.6) is 5.75 Å². The van der Waals surface area contributed by atoms with Gasteiger partial charge in [-0.2, -0.15) is 0 Å². The lowest BCUT2D eigenvalue weighted by molar-refractivity contribution is 0.177. The second-order valence-corrected chi connectivity index (χ2v) is 8.40. The van der Waals surface area contributed by atoms with Crippen molar-refractivity contribution in [2.24, 2.45) is 11.8 Å². The largest absolute Gasteiger partial charge is 0.504 e. The summed E-state index contributed by atoms with van der Waals surface area (Å²) in [5.74, 6) is 2.51. The Labute approximate surface area is 167 Å². The number of benzene rings is 1. The fraction of sp³-hybridized carbons (Fsp3) is 0.565. The predicted molar refractivity (Wildman–Crippen MR) is 111 cm³/mol. The summed E-state index contributed by atoms with van der Waals surface area (Å²) >= 11 is 0. The molecule has 5 heteroatoms. The molecule has 2 aromatic rings. The molecular weight excluding hydrogens is 350 g/mol. The van der Waals surface area contributed by atoms with Crippen molar-refractivity contribution in [2.75, 3.05) is 25.1 Å². The van der Waals surface area contributed by atoms with Gasteiger partial charge in [0.25, 0.3) is 0 Å². The normalized spacial score (nSPS) is 17.9. The number of aryl methyl sites for hydroxylation is 1. The third-order valence-electron chi connectivity index (χ3n) is 6.07. The Morgan fingerprint density at radius 1 is 1.00 bits per heavy atom. The predicted octanol–water partition coefficient (Wildman–Crippen LogP) is 4.05. The van der Waals surface area contributed by atoms with Crippen molar-refractivity contribution in [2.45, 2.75) is 52.1 Å². The molecular formula is C23H31N3O2. The first-order chi connectivity index (χ1) is 13.6. The van der Waals surface area contributed by atoms with Gasteiger partial charge in [-0.05, 0) is 68.6 Å². The van der Waals surface area contributed by atoms with Crippen LogP contribution in [0.4, 0.5) is 5.69 Å². The molecule has 1 saturated heterocycles. The van der Waals surface area contributed by atoms with Gasteiger partial charge in [-0.3, -0.25) is 0 Å². The van der Waals surface area contributed by atoms with E-state index in [1.807, 2.05) is 6.92 Å². The minimum atomic E-state index is 0.158. The van der Waals surface area contributed by atoms with Crippen LogP contribution in [0, 0.1) is 18.8 Å². The van der Waals surface area contributed by atoms with E-state index in [1.165, 1.54) is 30.5 Å². The quantitative estimate of drug-likeness (QED) is 0.784. The molecule has 1 aliphatic carbocycles. The fourth-order valence-electron chi connectivity index (χ4n) is 4.17. The highest BCUT2D eigenvalue weighted by Crippen LogP contribution is 2.33. The molecule has 0 atom stereocenters.